The highest BCUT2D eigenvalue weighted by Gasteiger charge is 2.37. The number of nitrogens with one attached hydrogen (secondary N) is 2. The topological polar surface area (TPSA) is 106 Å². The number of fused-ring (bicyclic) bond motifs is 2. The van der Waals surface area contributed by atoms with Crippen molar-refractivity contribution < 1.29 is 17.9 Å². The first kappa shape index (κ1) is 15.7. The number of amides is 2. The van der Waals surface area contributed by atoms with Crippen LogP contribution in [0.1, 0.15) is 25.7 Å². The van der Waals surface area contributed by atoms with Crippen LogP contribution in [0, 0.1) is 11.8 Å². The quantitative estimate of drug-likeness (QED) is 0.808. The third-order valence-corrected chi connectivity index (χ3v) is 6.33. The van der Waals surface area contributed by atoms with Crippen LogP contribution in [0.4, 0.5) is 4.79 Å². The zero-order valence-electron chi connectivity index (χ0n) is 13.3. The molecule has 3 heterocycles. The van der Waals surface area contributed by atoms with E-state index in [9.17, 15) is 13.2 Å². The highest BCUT2D eigenvalue weighted by Crippen LogP contribution is 2.36. The molecule has 2 N–H and O–H groups in total. The first-order chi connectivity index (χ1) is 11.5. The predicted molar refractivity (Wildman–Crippen MR) is 83.6 cm³/mol. The van der Waals surface area contributed by atoms with E-state index < -0.39 is 16.1 Å². The Morgan fingerprint density at radius 2 is 2.00 bits per heavy atom. The van der Waals surface area contributed by atoms with Crippen LogP contribution in [-0.4, -0.2) is 48.9 Å². The van der Waals surface area contributed by atoms with Crippen molar-refractivity contribution in [1.82, 2.24) is 24.9 Å². The Morgan fingerprint density at radius 3 is 2.75 bits per heavy atom. The van der Waals surface area contributed by atoms with Gasteiger partial charge in [-0.05, 0) is 24.7 Å². The van der Waals surface area contributed by atoms with Gasteiger partial charge >= 0.3 is 6.03 Å². The van der Waals surface area contributed by atoms with Gasteiger partial charge in [-0.25, -0.2) is 27.6 Å². The molecule has 10 heteroatoms. The lowest BCUT2D eigenvalue weighted by Crippen LogP contribution is -2.48. The summed E-state index contributed by atoms with van der Waals surface area (Å²) in [6, 6.07) is -0.745. The Kier molecular flexibility index (Phi) is 3.87. The number of hydrogen-bond acceptors (Lipinski definition) is 6. The van der Waals surface area contributed by atoms with E-state index in [1.807, 2.05) is 9.73 Å². The average molecular weight is 355 g/mol. The maximum atomic E-state index is 12.4. The number of rotatable bonds is 3. The van der Waals surface area contributed by atoms with Crippen molar-refractivity contribution in [2.45, 2.75) is 37.1 Å². The maximum absolute atomic E-state index is 12.4. The standard InChI is InChI=1S/C14H21N5O4S/c20-14(16-18-8-10-3-1-4-11(10)9-18)17-24(21,22)12-7-15-19-5-2-6-23-13(12)19/h7,10-11H,1-6,8-9H2,(H2,16,17,20)/t10-,11-/m0/s1. The molecule has 2 aliphatic heterocycles. The molecule has 0 unspecified atom stereocenters. The summed E-state index contributed by atoms with van der Waals surface area (Å²) < 4.78 is 33.8. The second-order valence-electron chi connectivity index (χ2n) is 6.64. The summed E-state index contributed by atoms with van der Waals surface area (Å²) in [7, 11) is -4.01. The van der Waals surface area contributed by atoms with Crippen LogP contribution in [0.15, 0.2) is 11.1 Å². The Morgan fingerprint density at radius 1 is 1.25 bits per heavy atom. The van der Waals surface area contributed by atoms with E-state index >= 15 is 0 Å². The van der Waals surface area contributed by atoms with Crippen molar-refractivity contribution >= 4 is 16.1 Å². The molecule has 0 radical (unpaired) electrons. The summed E-state index contributed by atoms with van der Waals surface area (Å²) in [5, 5.41) is 5.81. The minimum Gasteiger partial charge on any atom is -0.477 e. The van der Waals surface area contributed by atoms with Gasteiger partial charge in [-0.3, -0.25) is 5.43 Å². The summed E-state index contributed by atoms with van der Waals surface area (Å²) in [5.41, 5.74) is 2.64. The van der Waals surface area contributed by atoms with Gasteiger partial charge in [0.1, 0.15) is 0 Å². The van der Waals surface area contributed by atoms with Crippen molar-refractivity contribution in [3.63, 3.8) is 0 Å². The van der Waals surface area contributed by atoms with E-state index in [1.54, 1.807) is 0 Å². The molecule has 1 aliphatic carbocycles. The van der Waals surface area contributed by atoms with E-state index in [1.165, 1.54) is 30.1 Å². The third kappa shape index (κ3) is 2.84. The fraction of sp³-hybridized carbons (Fsp3) is 0.714. The van der Waals surface area contributed by atoms with Crippen LogP contribution in [0.25, 0.3) is 0 Å². The number of carbonyl (C=O) groups excluding carboxylic acids is 1. The molecule has 1 saturated carbocycles. The molecule has 3 aliphatic rings. The lowest BCUT2D eigenvalue weighted by molar-refractivity contribution is 0.195. The number of nitrogens with zero attached hydrogens (tertiary/aromatic N) is 3. The van der Waals surface area contributed by atoms with E-state index in [0.29, 0.717) is 25.0 Å². The molecule has 0 spiro atoms. The normalized spacial score (nSPS) is 26.5. The summed E-state index contributed by atoms with van der Waals surface area (Å²) in [6.07, 6.45) is 5.61. The molecular weight excluding hydrogens is 334 g/mol. The first-order valence-corrected chi connectivity index (χ1v) is 9.78. The van der Waals surface area contributed by atoms with Crippen molar-refractivity contribution in [2.75, 3.05) is 19.7 Å². The van der Waals surface area contributed by atoms with Gasteiger partial charge in [0, 0.05) is 26.1 Å². The van der Waals surface area contributed by atoms with E-state index in [4.69, 9.17) is 4.74 Å². The molecule has 0 bridgehead atoms. The van der Waals surface area contributed by atoms with Crippen LogP contribution in [0.2, 0.25) is 0 Å². The number of aromatic nitrogens is 2. The van der Waals surface area contributed by atoms with Gasteiger partial charge in [0.05, 0.1) is 12.8 Å². The van der Waals surface area contributed by atoms with Crippen LogP contribution >= 0.6 is 0 Å². The smallest absolute Gasteiger partial charge is 0.343 e. The van der Waals surface area contributed by atoms with E-state index in [0.717, 1.165) is 19.5 Å². The summed E-state index contributed by atoms with van der Waals surface area (Å²) in [4.78, 5) is 12.0. The molecular formula is C14H21N5O4S. The van der Waals surface area contributed by atoms with E-state index in [2.05, 4.69) is 10.5 Å². The van der Waals surface area contributed by atoms with Crippen molar-refractivity contribution in [2.24, 2.45) is 11.8 Å². The fourth-order valence-corrected chi connectivity index (χ4v) is 4.88. The number of ether oxygens (including phenoxy) is 1. The molecule has 2 atom stereocenters. The second-order valence-corrected chi connectivity index (χ2v) is 8.29. The molecule has 1 aromatic rings. The highest BCUT2D eigenvalue weighted by molar-refractivity contribution is 7.90. The van der Waals surface area contributed by atoms with Gasteiger partial charge in [-0.1, -0.05) is 6.42 Å². The number of hydrogen-bond donors (Lipinski definition) is 2. The molecule has 24 heavy (non-hydrogen) atoms. The zero-order valence-corrected chi connectivity index (χ0v) is 14.1. The predicted octanol–water partition coefficient (Wildman–Crippen LogP) is 0.300. The minimum atomic E-state index is -4.01. The number of hydrazine groups is 1. The number of urea groups is 1. The Hall–Kier alpha value is -1.81. The Balaban J connectivity index is 1.40. The summed E-state index contributed by atoms with van der Waals surface area (Å²) >= 11 is 0. The molecule has 2 fully saturated rings. The molecule has 9 nitrogen and oxygen atoms in total. The molecule has 1 saturated heterocycles. The van der Waals surface area contributed by atoms with Crippen molar-refractivity contribution in [3.05, 3.63) is 6.20 Å². The SMILES string of the molecule is O=C(NN1C[C@@H]2CCC[C@H]2C1)NS(=O)(=O)c1cnn2c1OCCC2. The summed E-state index contributed by atoms with van der Waals surface area (Å²) in [6.45, 7) is 2.61. The molecule has 1 aromatic heterocycles. The van der Waals surface area contributed by atoms with Crippen molar-refractivity contribution in [3.8, 4) is 5.88 Å². The van der Waals surface area contributed by atoms with Crippen LogP contribution in [0.5, 0.6) is 5.88 Å². The molecule has 4 rings (SSSR count). The van der Waals surface area contributed by atoms with Gasteiger partial charge in [-0.15, -0.1) is 0 Å². The highest BCUT2D eigenvalue weighted by atomic mass is 32.2. The zero-order chi connectivity index (χ0) is 16.7. The lowest BCUT2D eigenvalue weighted by Gasteiger charge is -2.19. The minimum absolute atomic E-state index is 0.101. The monoisotopic (exact) mass is 355 g/mol. The first-order valence-electron chi connectivity index (χ1n) is 8.30. The van der Waals surface area contributed by atoms with Crippen molar-refractivity contribution in [1.29, 1.82) is 0 Å². The number of aryl methyl sites for hydroxylation is 1. The second kappa shape index (κ2) is 5.92. The molecule has 0 aromatic carbocycles. The van der Waals surface area contributed by atoms with Crippen LogP contribution in [-0.2, 0) is 16.6 Å². The average Bonchev–Trinajstić information content (AvgIpc) is 3.19. The largest absolute Gasteiger partial charge is 0.477 e. The molecule has 132 valence electrons. The lowest BCUT2D eigenvalue weighted by atomic mass is 10.0. The van der Waals surface area contributed by atoms with Crippen LogP contribution < -0.4 is 14.9 Å². The fourth-order valence-electron chi connectivity index (χ4n) is 3.90. The Bertz CT molecular complexity index is 734. The molecule has 2 amide bonds. The maximum Gasteiger partial charge on any atom is 0.343 e. The number of carbonyl (C=O) groups is 1. The van der Waals surface area contributed by atoms with Gasteiger partial charge < -0.3 is 4.74 Å². The van der Waals surface area contributed by atoms with Gasteiger partial charge in [0.15, 0.2) is 4.90 Å². The van der Waals surface area contributed by atoms with Crippen LogP contribution in [0.3, 0.4) is 0 Å². The van der Waals surface area contributed by atoms with E-state index in [-0.39, 0.29) is 10.8 Å². The number of sulfonamides is 1. The summed E-state index contributed by atoms with van der Waals surface area (Å²) in [5.74, 6) is 1.41. The van der Waals surface area contributed by atoms with Gasteiger partial charge in [0.2, 0.25) is 5.88 Å². The van der Waals surface area contributed by atoms with Gasteiger partial charge in [-0.2, -0.15) is 5.10 Å². The van der Waals surface area contributed by atoms with Gasteiger partial charge in [0.25, 0.3) is 10.0 Å². The third-order valence-electron chi connectivity index (χ3n) is 5.02. The Labute approximate surface area is 140 Å².